The fourth-order valence-corrected chi connectivity index (χ4v) is 3.11. The third-order valence-electron chi connectivity index (χ3n) is 4.43. The summed E-state index contributed by atoms with van der Waals surface area (Å²) < 4.78 is 0. The van der Waals surface area contributed by atoms with Gasteiger partial charge in [-0.1, -0.05) is 43.5 Å². The van der Waals surface area contributed by atoms with Gasteiger partial charge in [0.2, 0.25) is 0 Å². The number of carbonyl (C=O) groups excluding carboxylic acids is 1. The molecule has 130 valence electrons. The number of carboxylic acids is 1. The molecule has 6 heteroatoms. The van der Waals surface area contributed by atoms with Crippen LogP contribution in [0, 0.1) is 5.92 Å². The first-order chi connectivity index (χ1) is 11.6. The normalized spacial score (nSPS) is 16.9. The van der Waals surface area contributed by atoms with Gasteiger partial charge in [-0.2, -0.15) is 0 Å². The Morgan fingerprint density at radius 2 is 1.83 bits per heavy atom. The zero-order valence-corrected chi connectivity index (χ0v) is 13.6. The summed E-state index contributed by atoms with van der Waals surface area (Å²) in [4.78, 5) is 22.5. The number of benzene rings is 1. The van der Waals surface area contributed by atoms with Crippen LogP contribution in [-0.4, -0.2) is 28.2 Å². The number of hydrogen-bond donors (Lipinski definition) is 4. The van der Waals surface area contributed by atoms with Gasteiger partial charge >= 0.3 is 5.97 Å². The van der Waals surface area contributed by atoms with Crippen molar-refractivity contribution in [1.29, 1.82) is 0 Å². The van der Waals surface area contributed by atoms with Gasteiger partial charge in [-0.25, -0.2) is 5.48 Å². The number of carbonyl (C=O) groups is 2. The maximum Gasteiger partial charge on any atom is 0.320 e. The molecule has 1 saturated carbocycles. The average molecular weight is 332 g/mol. The van der Waals surface area contributed by atoms with Gasteiger partial charge in [0.05, 0.1) is 0 Å². The third kappa shape index (κ3) is 5.47. The highest BCUT2D eigenvalue weighted by Crippen LogP contribution is 2.26. The third-order valence-corrected chi connectivity index (χ3v) is 4.43. The largest absolute Gasteiger partial charge is 0.480 e. The number of hydroxylamine groups is 1. The summed E-state index contributed by atoms with van der Waals surface area (Å²) in [6, 6.07) is 6.97. The zero-order chi connectivity index (χ0) is 17.4. The second-order valence-corrected chi connectivity index (χ2v) is 6.15. The molecule has 0 heterocycles. The summed E-state index contributed by atoms with van der Waals surface area (Å²) in [5.41, 5.74) is 3.34. The van der Waals surface area contributed by atoms with Crippen molar-refractivity contribution in [3.05, 3.63) is 41.5 Å². The highest BCUT2D eigenvalue weighted by atomic mass is 16.5. The van der Waals surface area contributed by atoms with Gasteiger partial charge in [-0.05, 0) is 36.0 Å². The van der Waals surface area contributed by atoms with Gasteiger partial charge in [-0.15, -0.1) is 0 Å². The van der Waals surface area contributed by atoms with E-state index in [1.165, 1.54) is 18.0 Å². The van der Waals surface area contributed by atoms with E-state index in [0.717, 1.165) is 36.8 Å². The van der Waals surface area contributed by atoms with E-state index in [0.29, 0.717) is 6.54 Å². The summed E-state index contributed by atoms with van der Waals surface area (Å²) in [7, 11) is 0. The van der Waals surface area contributed by atoms with Gasteiger partial charge in [-0.3, -0.25) is 14.8 Å². The van der Waals surface area contributed by atoms with E-state index in [9.17, 15) is 14.7 Å². The van der Waals surface area contributed by atoms with Gasteiger partial charge in [0, 0.05) is 12.6 Å². The summed E-state index contributed by atoms with van der Waals surface area (Å²) in [5.74, 6) is -1.16. The minimum absolute atomic E-state index is 0.204. The van der Waals surface area contributed by atoms with Crippen molar-refractivity contribution >= 4 is 18.0 Å². The van der Waals surface area contributed by atoms with Crippen LogP contribution in [0.5, 0.6) is 0 Å². The molecule has 1 aliphatic rings. The molecule has 24 heavy (non-hydrogen) atoms. The predicted octanol–water partition coefficient (Wildman–Crippen LogP) is 2.33. The lowest BCUT2D eigenvalue weighted by Gasteiger charge is -2.28. The highest BCUT2D eigenvalue weighted by Gasteiger charge is 2.28. The van der Waals surface area contributed by atoms with Gasteiger partial charge in [0.15, 0.2) is 0 Å². The van der Waals surface area contributed by atoms with E-state index in [1.807, 2.05) is 24.3 Å². The number of amides is 1. The van der Waals surface area contributed by atoms with E-state index < -0.39 is 17.9 Å². The molecule has 1 aliphatic carbocycles. The molecule has 0 bridgehead atoms. The van der Waals surface area contributed by atoms with Crippen molar-refractivity contribution in [2.75, 3.05) is 0 Å². The Hall–Kier alpha value is -2.18. The van der Waals surface area contributed by atoms with Crippen LogP contribution in [0.1, 0.15) is 43.2 Å². The highest BCUT2D eigenvalue weighted by molar-refractivity contribution is 5.90. The lowest BCUT2D eigenvalue weighted by molar-refractivity contribution is -0.141. The lowest BCUT2D eigenvalue weighted by Crippen LogP contribution is -2.43. The van der Waals surface area contributed by atoms with Crippen LogP contribution in [0.2, 0.25) is 0 Å². The number of aliphatic carboxylic acids is 1. The molecule has 0 aromatic heterocycles. The van der Waals surface area contributed by atoms with Crippen molar-refractivity contribution < 1.29 is 19.9 Å². The Balaban J connectivity index is 1.91. The molecule has 4 N–H and O–H groups in total. The SMILES string of the molecule is O=C(/C=C/c1ccc(CN[C@@H](C(=O)O)C2CCCCC2)cc1)NO. The molecule has 0 saturated heterocycles. The fourth-order valence-electron chi connectivity index (χ4n) is 3.11. The Bertz CT molecular complexity index is 577. The monoisotopic (exact) mass is 332 g/mol. The van der Waals surface area contributed by atoms with Crippen molar-refractivity contribution in [1.82, 2.24) is 10.8 Å². The average Bonchev–Trinajstić information content (AvgIpc) is 2.61. The van der Waals surface area contributed by atoms with Crippen molar-refractivity contribution in [3.8, 4) is 0 Å². The van der Waals surface area contributed by atoms with E-state index in [1.54, 1.807) is 6.08 Å². The molecule has 1 amide bonds. The van der Waals surface area contributed by atoms with Crippen molar-refractivity contribution in [2.45, 2.75) is 44.7 Å². The number of hydrogen-bond acceptors (Lipinski definition) is 4. The minimum atomic E-state index is -0.781. The molecule has 0 radical (unpaired) electrons. The molecule has 0 aliphatic heterocycles. The first-order valence-electron chi connectivity index (χ1n) is 8.27. The van der Waals surface area contributed by atoms with E-state index in [-0.39, 0.29) is 5.92 Å². The van der Waals surface area contributed by atoms with Crippen molar-refractivity contribution in [2.24, 2.45) is 5.92 Å². The Labute approximate surface area is 141 Å². The Kier molecular flexibility index (Phi) is 6.96. The smallest absolute Gasteiger partial charge is 0.320 e. The molecule has 1 aromatic rings. The second-order valence-electron chi connectivity index (χ2n) is 6.15. The Morgan fingerprint density at radius 1 is 1.17 bits per heavy atom. The van der Waals surface area contributed by atoms with Gasteiger partial charge in [0.25, 0.3) is 5.91 Å². The van der Waals surface area contributed by atoms with Crippen LogP contribution in [0.3, 0.4) is 0 Å². The Morgan fingerprint density at radius 3 is 2.42 bits per heavy atom. The zero-order valence-electron chi connectivity index (χ0n) is 13.6. The molecule has 6 nitrogen and oxygen atoms in total. The maximum absolute atomic E-state index is 11.5. The molecule has 2 rings (SSSR count). The van der Waals surface area contributed by atoms with Crippen LogP contribution >= 0.6 is 0 Å². The second kappa shape index (κ2) is 9.20. The van der Waals surface area contributed by atoms with Crippen LogP contribution in [0.15, 0.2) is 30.3 Å². The van der Waals surface area contributed by atoms with E-state index in [4.69, 9.17) is 5.21 Å². The molecule has 1 fully saturated rings. The summed E-state index contributed by atoms with van der Waals surface area (Å²) in [5, 5.41) is 21.1. The fraction of sp³-hybridized carbons (Fsp3) is 0.444. The molecule has 0 unspecified atom stereocenters. The quantitative estimate of drug-likeness (QED) is 0.349. The summed E-state index contributed by atoms with van der Waals surface area (Å²) in [6.45, 7) is 0.495. The molecule has 0 spiro atoms. The molecule has 1 aromatic carbocycles. The van der Waals surface area contributed by atoms with Crippen LogP contribution in [0.4, 0.5) is 0 Å². The summed E-state index contributed by atoms with van der Waals surface area (Å²) >= 11 is 0. The van der Waals surface area contributed by atoms with E-state index >= 15 is 0 Å². The first kappa shape index (κ1) is 18.2. The van der Waals surface area contributed by atoms with Gasteiger partial charge < -0.3 is 10.4 Å². The minimum Gasteiger partial charge on any atom is -0.480 e. The molecular formula is C18H24N2O4. The number of carboxylic acid groups (broad SMARTS) is 1. The topological polar surface area (TPSA) is 98.7 Å². The maximum atomic E-state index is 11.5. The first-order valence-corrected chi connectivity index (χ1v) is 8.27. The standard InChI is InChI=1S/C18H24N2O4/c21-16(20-24)11-10-13-6-8-14(9-7-13)12-19-17(18(22)23)15-4-2-1-3-5-15/h6-11,15,17,19,24H,1-5,12H2,(H,20,21)(H,22,23)/b11-10+/t17-/m1/s1. The van der Waals surface area contributed by atoms with E-state index in [2.05, 4.69) is 5.32 Å². The summed E-state index contributed by atoms with van der Waals surface area (Å²) in [6.07, 6.45) is 8.19. The molecular weight excluding hydrogens is 308 g/mol. The van der Waals surface area contributed by atoms with Gasteiger partial charge in [0.1, 0.15) is 6.04 Å². The lowest BCUT2D eigenvalue weighted by atomic mass is 9.84. The van der Waals surface area contributed by atoms with Crippen LogP contribution in [0.25, 0.3) is 6.08 Å². The number of rotatable bonds is 7. The molecule has 1 atom stereocenters. The van der Waals surface area contributed by atoms with Crippen LogP contribution in [-0.2, 0) is 16.1 Å². The van der Waals surface area contributed by atoms with Crippen LogP contribution < -0.4 is 10.8 Å². The number of nitrogens with one attached hydrogen (secondary N) is 2. The predicted molar refractivity (Wildman–Crippen MR) is 90.2 cm³/mol. The van der Waals surface area contributed by atoms with Crippen molar-refractivity contribution in [3.63, 3.8) is 0 Å².